The topological polar surface area (TPSA) is 91.0 Å². The fourth-order valence-electron chi connectivity index (χ4n) is 2.17. The number of fused-ring (bicyclic) bond motifs is 3. The summed E-state index contributed by atoms with van der Waals surface area (Å²) in [6, 6.07) is 5.42. The molecule has 102 valence electrons. The zero-order valence-electron chi connectivity index (χ0n) is 10.9. The van der Waals surface area contributed by atoms with E-state index in [9.17, 15) is 4.91 Å². The molecule has 0 bridgehead atoms. The highest BCUT2D eigenvalue weighted by atomic mass is 16.5. The second-order valence-corrected chi connectivity index (χ2v) is 4.14. The largest absolute Gasteiger partial charge is 0.493 e. The van der Waals surface area contributed by atoms with Crippen molar-refractivity contribution in [2.75, 3.05) is 14.2 Å². The van der Waals surface area contributed by atoms with E-state index in [1.807, 2.05) is 12.1 Å². The van der Waals surface area contributed by atoms with E-state index in [0.717, 1.165) is 10.9 Å². The fraction of sp³-hybridized carbons (Fsp3) is 0.250. The van der Waals surface area contributed by atoms with E-state index >= 15 is 0 Å². The van der Waals surface area contributed by atoms with Crippen LogP contribution in [0.25, 0.3) is 16.6 Å². The minimum absolute atomic E-state index is 0.00809. The van der Waals surface area contributed by atoms with Crippen LogP contribution in [0.3, 0.4) is 0 Å². The van der Waals surface area contributed by atoms with E-state index in [4.69, 9.17) is 9.47 Å². The molecule has 0 saturated carbocycles. The average Bonchev–Trinajstić information content (AvgIpc) is 2.96. The summed E-state index contributed by atoms with van der Waals surface area (Å²) >= 11 is 0. The Hall–Kier alpha value is -2.77. The molecule has 3 aromatic rings. The Morgan fingerprint density at radius 3 is 2.65 bits per heavy atom. The van der Waals surface area contributed by atoms with Gasteiger partial charge < -0.3 is 9.47 Å². The van der Waals surface area contributed by atoms with Gasteiger partial charge in [-0.2, -0.15) is 9.42 Å². The van der Waals surface area contributed by atoms with Crippen molar-refractivity contribution in [3.05, 3.63) is 28.7 Å². The van der Waals surface area contributed by atoms with Crippen LogP contribution in [0.4, 0.5) is 0 Å². The average molecular weight is 273 g/mol. The van der Waals surface area contributed by atoms with Crippen molar-refractivity contribution in [3.63, 3.8) is 0 Å². The van der Waals surface area contributed by atoms with Crippen molar-refractivity contribution < 1.29 is 9.47 Å². The highest BCUT2D eigenvalue weighted by Gasteiger charge is 2.13. The maximum absolute atomic E-state index is 10.5. The van der Waals surface area contributed by atoms with Crippen molar-refractivity contribution in [3.8, 4) is 11.5 Å². The molecule has 0 unspecified atom stereocenters. The van der Waals surface area contributed by atoms with Gasteiger partial charge in [-0.1, -0.05) is 5.18 Å². The number of benzene rings is 1. The van der Waals surface area contributed by atoms with Gasteiger partial charge in [0.15, 0.2) is 17.1 Å². The number of pyridine rings is 1. The third-order valence-electron chi connectivity index (χ3n) is 3.08. The van der Waals surface area contributed by atoms with Crippen LogP contribution in [0.15, 0.2) is 23.4 Å². The second-order valence-electron chi connectivity index (χ2n) is 4.14. The molecular formula is C12H11N5O3. The zero-order valence-corrected chi connectivity index (χ0v) is 10.9. The molecule has 3 rings (SSSR count). The first-order chi connectivity index (χ1) is 9.78. The van der Waals surface area contributed by atoms with E-state index in [0.29, 0.717) is 22.7 Å². The molecule has 0 spiro atoms. The molecule has 2 heterocycles. The summed E-state index contributed by atoms with van der Waals surface area (Å²) in [5, 5.41) is 15.2. The minimum atomic E-state index is 0.00809. The second kappa shape index (κ2) is 4.72. The predicted octanol–water partition coefficient (Wildman–Crippen LogP) is 1.56. The Balaban J connectivity index is 2.40. The van der Waals surface area contributed by atoms with Crippen molar-refractivity contribution in [2.45, 2.75) is 6.54 Å². The van der Waals surface area contributed by atoms with Gasteiger partial charge in [0.1, 0.15) is 6.54 Å². The molecule has 8 heteroatoms. The first-order valence-electron chi connectivity index (χ1n) is 5.83. The highest BCUT2D eigenvalue weighted by Crippen LogP contribution is 2.33. The van der Waals surface area contributed by atoms with Crippen LogP contribution < -0.4 is 9.47 Å². The lowest BCUT2D eigenvalue weighted by Crippen LogP contribution is -1.98. The number of methoxy groups -OCH3 is 2. The lowest BCUT2D eigenvalue weighted by molar-refractivity contribution is 0.355. The van der Waals surface area contributed by atoms with Gasteiger partial charge in [-0.05, 0) is 22.6 Å². The van der Waals surface area contributed by atoms with Crippen molar-refractivity contribution in [1.29, 1.82) is 0 Å². The van der Waals surface area contributed by atoms with E-state index in [-0.39, 0.29) is 6.54 Å². The van der Waals surface area contributed by atoms with Crippen molar-refractivity contribution in [2.24, 2.45) is 5.18 Å². The number of hydrogen-bond donors (Lipinski definition) is 0. The molecule has 0 saturated heterocycles. The molecule has 20 heavy (non-hydrogen) atoms. The van der Waals surface area contributed by atoms with Crippen LogP contribution >= 0.6 is 0 Å². The summed E-state index contributed by atoms with van der Waals surface area (Å²) in [5.41, 5.74) is 1.92. The maximum atomic E-state index is 10.5. The van der Waals surface area contributed by atoms with E-state index < -0.39 is 0 Å². The summed E-state index contributed by atoms with van der Waals surface area (Å²) in [7, 11) is 3.12. The highest BCUT2D eigenvalue weighted by molar-refractivity contribution is 5.86. The summed E-state index contributed by atoms with van der Waals surface area (Å²) in [6.07, 6.45) is 0. The van der Waals surface area contributed by atoms with Crippen LogP contribution in [-0.2, 0) is 6.54 Å². The minimum Gasteiger partial charge on any atom is -0.493 e. The monoisotopic (exact) mass is 273 g/mol. The van der Waals surface area contributed by atoms with Gasteiger partial charge in [-0.3, -0.25) is 0 Å². The molecule has 0 atom stereocenters. The summed E-state index contributed by atoms with van der Waals surface area (Å²) < 4.78 is 12.1. The van der Waals surface area contributed by atoms with E-state index in [1.54, 1.807) is 24.8 Å². The number of tetrazole rings is 1. The summed E-state index contributed by atoms with van der Waals surface area (Å²) in [5.74, 6) is 1.18. The number of nitrogens with zero attached hydrogens (tertiary/aromatic N) is 5. The van der Waals surface area contributed by atoms with Crippen molar-refractivity contribution in [1.82, 2.24) is 20.0 Å². The van der Waals surface area contributed by atoms with Crippen molar-refractivity contribution >= 4 is 16.6 Å². The van der Waals surface area contributed by atoms with E-state index in [2.05, 4.69) is 20.7 Å². The molecule has 0 amide bonds. The Morgan fingerprint density at radius 1 is 1.20 bits per heavy atom. The normalized spacial score (nSPS) is 10.9. The van der Waals surface area contributed by atoms with Crippen LogP contribution in [0.5, 0.6) is 11.5 Å². The standard InChI is InChI=1S/C12H11N5O3/c1-19-10-4-7-3-8(6-13-18)12-14-15-16-17(12)9(7)5-11(10)20-2/h3-5H,6H2,1-2H3. The number of aromatic nitrogens is 4. The fourth-order valence-corrected chi connectivity index (χ4v) is 2.17. The first kappa shape index (κ1) is 12.3. The third kappa shape index (κ3) is 1.73. The van der Waals surface area contributed by atoms with Gasteiger partial charge in [0, 0.05) is 17.0 Å². The molecule has 0 aliphatic heterocycles. The summed E-state index contributed by atoms with van der Waals surface area (Å²) in [4.78, 5) is 10.5. The SMILES string of the molecule is COc1cc2cc(CN=O)c3nnnn3c2cc1OC. The van der Waals surface area contributed by atoms with Crippen LogP contribution in [0, 0.1) is 4.91 Å². The third-order valence-corrected chi connectivity index (χ3v) is 3.08. The quantitative estimate of drug-likeness (QED) is 0.670. The molecule has 1 aromatic carbocycles. The first-order valence-corrected chi connectivity index (χ1v) is 5.83. The molecular weight excluding hydrogens is 262 g/mol. The van der Waals surface area contributed by atoms with Crippen LogP contribution in [-0.4, -0.2) is 34.3 Å². The van der Waals surface area contributed by atoms with E-state index in [1.165, 1.54) is 0 Å². The number of nitroso groups, excluding NO2 is 1. The zero-order chi connectivity index (χ0) is 14.1. The predicted molar refractivity (Wildman–Crippen MR) is 70.9 cm³/mol. The van der Waals surface area contributed by atoms with Gasteiger partial charge in [-0.15, -0.1) is 5.10 Å². The van der Waals surface area contributed by atoms with Gasteiger partial charge in [0.05, 0.1) is 19.7 Å². The Morgan fingerprint density at radius 2 is 1.95 bits per heavy atom. The molecule has 2 aromatic heterocycles. The Bertz CT molecular complexity index is 798. The number of hydrogen-bond acceptors (Lipinski definition) is 7. The lowest BCUT2D eigenvalue weighted by Gasteiger charge is -2.10. The number of ether oxygens (including phenoxy) is 2. The molecule has 0 aliphatic rings. The van der Waals surface area contributed by atoms with Crippen LogP contribution in [0.1, 0.15) is 5.56 Å². The van der Waals surface area contributed by atoms with Crippen LogP contribution in [0.2, 0.25) is 0 Å². The summed E-state index contributed by atoms with van der Waals surface area (Å²) in [6.45, 7) is 0.00809. The smallest absolute Gasteiger partial charge is 0.185 e. The van der Waals surface area contributed by atoms with Gasteiger partial charge >= 0.3 is 0 Å². The van der Waals surface area contributed by atoms with Gasteiger partial charge in [0.2, 0.25) is 0 Å². The van der Waals surface area contributed by atoms with Gasteiger partial charge in [-0.25, -0.2) is 0 Å². The molecule has 0 N–H and O–H groups in total. The number of rotatable bonds is 4. The maximum Gasteiger partial charge on any atom is 0.185 e. The lowest BCUT2D eigenvalue weighted by atomic mass is 10.1. The molecule has 0 radical (unpaired) electrons. The Labute approximate surface area is 113 Å². The molecule has 8 nitrogen and oxygen atoms in total. The Kier molecular flexibility index (Phi) is 2.90. The molecule has 0 aliphatic carbocycles. The molecule has 0 fully saturated rings. The van der Waals surface area contributed by atoms with Gasteiger partial charge in [0.25, 0.3) is 0 Å².